The van der Waals surface area contributed by atoms with Crippen LogP contribution in [-0.4, -0.2) is 28.7 Å². The SMILES string of the molecule is CNCc1cc(-c2ccc(O)c(O)c2O)ccc1C=O. The van der Waals surface area contributed by atoms with Crippen LogP contribution >= 0.6 is 0 Å². The highest BCUT2D eigenvalue weighted by molar-refractivity contribution is 5.82. The van der Waals surface area contributed by atoms with E-state index in [9.17, 15) is 20.1 Å². The van der Waals surface area contributed by atoms with Gasteiger partial charge in [0.15, 0.2) is 11.5 Å². The first kappa shape index (κ1) is 13.9. The molecular weight excluding hydrogens is 258 g/mol. The Labute approximate surface area is 116 Å². The van der Waals surface area contributed by atoms with Crippen LogP contribution in [-0.2, 0) is 6.54 Å². The van der Waals surface area contributed by atoms with Gasteiger partial charge >= 0.3 is 0 Å². The van der Waals surface area contributed by atoms with E-state index >= 15 is 0 Å². The first-order valence-electron chi connectivity index (χ1n) is 6.05. The summed E-state index contributed by atoms with van der Waals surface area (Å²) in [5, 5.41) is 31.7. The summed E-state index contributed by atoms with van der Waals surface area (Å²) in [7, 11) is 1.77. The first-order valence-corrected chi connectivity index (χ1v) is 6.05. The molecule has 2 aromatic rings. The number of aldehydes is 1. The Morgan fingerprint density at radius 2 is 1.85 bits per heavy atom. The van der Waals surface area contributed by atoms with Crippen molar-refractivity contribution in [2.45, 2.75) is 6.54 Å². The highest BCUT2D eigenvalue weighted by Gasteiger charge is 2.13. The molecule has 20 heavy (non-hydrogen) atoms. The van der Waals surface area contributed by atoms with E-state index in [1.54, 1.807) is 25.2 Å². The number of aromatic hydroxyl groups is 3. The van der Waals surface area contributed by atoms with Crippen LogP contribution < -0.4 is 5.32 Å². The molecule has 2 aromatic carbocycles. The summed E-state index contributed by atoms with van der Waals surface area (Å²) in [4.78, 5) is 11.0. The molecule has 2 rings (SSSR count). The molecule has 0 aliphatic rings. The second-order valence-electron chi connectivity index (χ2n) is 4.39. The maximum atomic E-state index is 11.0. The predicted molar refractivity (Wildman–Crippen MR) is 75.0 cm³/mol. The molecule has 0 atom stereocenters. The highest BCUT2D eigenvalue weighted by Crippen LogP contribution is 2.42. The molecule has 0 spiro atoms. The van der Waals surface area contributed by atoms with Gasteiger partial charge in [-0.15, -0.1) is 0 Å². The summed E-state index contributed by atoms with van der Waals surface area (Å²) < 4.78 is 0. The summed E-state index contributed by atoms with van der Waals surface area (Å²) in [6, 6.07) is 7.89. The van der Waals surface area contributed by atoms with E-state index < -0.39 is 5.75 Å². The molecule has 5 nitrogen and oxygen atoms in total. The van der Waals surface area contributed by atoms with Crippen LogP contribution in [0.25, 0.3) is 11.1 Å². The number of phenolic OH excluding ortho intramolecular Hbond substituents is 3. The van der Waals surface area contributed by atoms with Gasteiger partial charge in [0.25, 0.3) is 0 Å². The van der Waals surface area contributed by atoms with Crippen molar-refractivity contribution >= 4 is 6.29 Å². The van der Waals surface area contributed by atoms with Crippen LogP contribution in [0.1, 0.15) is 15.9 Å². The van der Waals surface area contributed by atoms with Gasteiger partial charge in [0, 0.05) is 17.7 Å². The Morgan fingerprint density at radius 1 is 1.10 bits per heavy atom. The number of nitrogens with one attached hydrogen (secondary N) is 1. The summed E-state index contributed by atoms with van der Waals surface area (Å²) >= 11 is 0. The maximum Gasteiger partial charge on any atom is 0.200 e. The van der Waals surface area contributed by atoms with Crippen molar-refractivity contribution in [2.75, 3.05) is 7.05 Å². The smallest absolute Gasteiger partial charge is 0.200 e. The second kappa shape index (κ2) is 5.63. The largest absolute Gasteiger partial charge is 0.504 e. The van der Waals surface area contributed by atoms with Gasteiger partial charge in [-0.25, -0.2) is 0 Å². The van der Waals surface area contributed by atoms with E-state index in [2.05, 4.69) is 5.32 Å². The van der Waals surface area contributed by atoms with E-state index in [4.69, 9.17) is 0 Å². The molecule has 0 aliphatic carbocycles. The molecule has 0 fully saturated rings. The van der Waals surface area contributed by atoms with Crippen LogP contribution in [0.5, 0.6) is 17.2 Å². The zero-order valence-corrected chi connectivity index (χ0v) is 10.9. The van der Waals surface area contributed by atoms with Crippen molar-refractivity contribution in [1.29, 1.82) is 0 Å². The van der Waals surface area contributed by atoms with Crippen LogP contribution in [0.3, 0.4) is 0 Å². The second-order valence-corrected chi connectivity index (χ2v) is 4.39. The topological polar surface area (TPSA) is 89.8 Å². The van der Waals surface area contributed by atoms with E-state index in [1.165, 1.54) is 12.1 Å². The molecule has 0 saturated carbocycles. The lowest BCUT2D eigenvalue weighted by Gasteiger charge is -2.11. The van der Waals surface area contributed by atoms with Gasteiger partial charge in [-0.1, -0.05) is 12.1 Å². The molecule has 0 amide bonds. The maximum absolute atomic E-state index is 11.0. The molecule has 0 bridgehead atoms. The Morgan fingerprint density at radius 3 is 2.50 bits per heavy atom. The Bertz CT molecular complexity index is 653. The van der Waals surface area contributed by atoms with E-state index in [-0.39, 0.29) is 11.5 Å². The Kier molecular flexibility index (Phi) is 3.91. The van der Waals surface area contributed by atoms with Gasteiger partial charge in [0.05, 0.1) is 0 Å². The number of hydrogen-bond donors (Lipinski definition) is 4. The van der Waals surface area contributed by atoms with Crippen molar-refractivity contribution in [1.82, 2.24) is 5.32 Å². The fraction of sp³-hybridized carbons (Fsp3) is 0.133. The van der Waals surface area contributed by atoms with Gasteiger partial charge in [-0.2, -0.15) is 0 Å². The number of carbonyl (C=O) groups excluding carboxylic acids is 1. The highest BCUT2D eigenvalue weighted by atomic mass is 16.3. The third-order valence-electron chi connectivity index (χ3n) is 3.08. The lowest BCUT2D eigenvalue weighted by molar-refractivity contribution is 0.112. The minimum atomic E-state index is -0.558. The quantitative estimate of drug-likeness (QED) is 0.505. The fourth-order valence-corrected chi connectivity index (χ4v) is 2.03. The van der Waals surface area contributed by atoms with Crippen molar-refractivity contribution < 1.29 is 20.1 Å². The number of benzene rings is 2. The average molecular weight is 273 g/mol. The summed E-state index contributed by atoms with van der Waals surface area (Å²) in [5.41, 5.74) is 2.38. The first-order chi connectivity index (χ1) is 9.58. The molecule has 0 heterocycles. The van der Waals surface area contributed by atoms with Crippen molar-refractivity contribution in [3.05, 3.63) is 41.5 Å². The van der Waals surface area contributed by atoms with Crippen LogP contribution in [0.15, 0.2) is 30.3 Å². The Balaban J connectivity index is 2.56. The van der Waals surface area contributed by atoms with E-state index in [0.717, 1.165) is 11.8 Å². The van der Waals surface area contributed by atoms with Crippen molar-refractivity contribution in [3.8, 4) is 28.4 Å². The third kappa shape index (κ3) is 2.44. The van der Waals surface area contributed by atoms with Gasteiger partial charge in [-0.05, 0) is 36.4 Å². The monoisotopic (exact) mass is 273 g/mol. The number of carbonyl (C=O) groups is 1. The molecule has 104 valence electrons. The fourth-order valence-electron chi connectivity index (χ4n) is 2.03. The molecule has 0 radical (unpaired) electrons. The normalized spacial score (nSPS) is 10.4. The number of phenols is 3. The zero-order valence-electron chi connectivity index (χ0n) is 10.9. The predicted octanol–water partition coefficient (Wildman–Crippen LogP) is 2.00. The van der Waals surface area contributed by atoms with Crippen molar-refractivity contribution in [2.24, 2.45) is 0 Å². The number of hydrogen-bond acceptors (Lipinski definition) is 5. The molecule has 5 heteroatoms. The molecule has 0 saturated heterocycles. The van der Waals surface area contributed by atoms with Crippen molar-refractivity contribution in [3.63, 3.8) is 0 Å². The standard InChI is InChI=1S/C15H15NO4/c1-16-7-11-6-9(2-3-10(11)8-17)12-4-5-13(18)15(20)14(12)19/h2-6,8,16,18-20H,7H2,1H3. The molecule has 4 N–H and O–H groups in total. The van der Waals surface area contributed by atoms with Gasteiger partial charge in [-0.3, -0.25) is 4.79 Å². The van der Waals surface area contributed by atoms with Crippen LogP contribution in [0, 0.1) is 0 Å². The van der Waals surface area contributed by atoms with Crippen LogP contribution in [0.2, 0.25) is 0 Å². The molecule has 0 aromatic heterocycles. The number of rotatable bonds is 4. The average Bonchev–Trinajstić information content (AvgIpc) is 2.45. The lowest BCUT2D eigenvalue weighted by Crippen LogP contribution is -2.07. The minimum absolute atomic E-state index is 0.383. The van der Waals surface area contributed by atoms with Gasteiger partial charge in [0.1, 0.15) is 6.29 Å². The molecular formula is C15H15NO4. The van der Waals surface area contributed by atoms with E-state index in [1.807, 2.05) is 0 Å². The third-order valence-corrected chi connectivity index (χ3v) is 3.08. The lowest BCUT2D eigenvalue weighted by atomic mass is 9.98. The zero-order chi connectivity index (χ0) is 14.7. The molecule has 0 aliphatic heterocycles. The Hall–Kier alpha value is -2.53. The van der Waals surface area contributed by atoms with E-state index in [0.29, 0.717) is 23.2 Å². The molecule has 0 unspecified atom stereocenters. The summed E-state index contributed by atoms with van der Waals surface area (Å²) in [6.07, 6.45) is 0.768. The van der Waals surface area contributed by atoms with Crippen LogP contribution in [0.4, 0.5) is 0 Å². The summed E-state index contributed by atoms with van der Waals surface area (Å²) in [6.45, 7) is 0.507. The van der Waals surface area contributed by atoms with Gasteiger partial charge < -0.3 is 20.6 Å². The minimum Gasteiger partial charge on any atom is -0.504 e. The van der Waals surface area contributed by atoms with Gasteiger partial charge in [0.2, 0.25) is 5.75 Å². The summed E-state index contributed by atoms with van der Waals surface area (Å²) in [5.74, 6) is -1.33.